The van der Waals surface area contributed by atoms with Gasteiger partial charge in [0.25, 0.3) is 0 Å². The van der Waals surface area contributed by atoms with Gasteiger partial charge in [0.1, 0.15) is 0 Å². The molecule has 0 bridgehead atoms. The van der Waals surface area contributed by atoms with Crippen molar-refractivity contribution < 1.29 is 15.1 Å². The SMILES string of the molecule is CCN(CC)CC.Cc1cc(/C(C[C@@H](c2ccc(-c3ccc(C(=O)O)cc3)cc2)c2ccc(Cl)cc2C)=N/O)ccn1. The van der Waals surface area contributed by atoms with Gasteiger partial charge in [-0.1, -0.05) is 80.0 Å². The predicted octanol–water partition coefficient (Wildman–Crippen LogP) is 8.47. The molecule has 0 aliphatic rings. The van der Waals surface area contributed by atoms with Crippen LogP contribution in [-0.4, -0.2) is 51.5 Å². The van der Waals surface area contributed by atoms with Crippen molar-refractivity contribution >= 4 is 23.3 Å². The number of aromatic carboxylic acids is 1. The summed E-state index contributed by atoms with van der Waals surface area (Å²) >= 11 is 6.23. The maximum Gasteiger partial charge on any atom is 0.335 e. The van der Waals surface area contributed by atoms with Crippen LogP contribution in [0.5, 0.6) is 0 Å². The Morgan fingerprint density at radius 1 is 0.857 bits per heavy atom. The topological polar surface area (TPSA) is 86.0 Å². The first-order chi connectivity index (χ1) is 20.2. The molecule has 220 valence electrons. The molecular weight excluding hydrogens is 546 g/mol. The number of carboxylic acids is 1. The highest BCUT2D eigenvalue weighted by molar-refractivity contribution is 6.30. The number of nitrogens with zero attached hydrogens (tertiary/aromatic N) is 3. The molecule has 0 unspecified atom stereocenters. The van der Waals surface area contributed by atoms with Gasteiger partial charge in [-0.3, -0.25) is 4.98 Å². The number of pyridine rings is 1. The fourth-order valence-corrected chi connectivity index (χ4v) is 5.18. The van der Waals surface area contributed by atoms with E-state index in [9.17, 15) is 10.0 Å². The smallest absolute Gasteiger partial charge is 0.335 e. The van der Waals surface area contributed by atoms with Crippen molar-refractivity contribution in [2.45, 2.75) is 47.0 Å². The quantitative estimate of drug-likeness (QED) is 0.111. The van der Waals surface area contributed by atoms with E-state index in [1.54, 1.807) is 18.3 Å². The highest BCUT2D eigenvalue weighted by Crippen LogP contribution is 2.34. The predicted molar refractivity (Wildman–Crippen MR) is 172 cm³/mol. The first-order valence-electron chi connectivity index (χ1n) is 14.3. The van der Waals surface area contributed by atoms with E-state index < -0.39 is 5.97 Å². The Morgan fingerprint density at radius 3 is 1.93 bits per heavy atom. The number of rotatable bonds is 10. The van der Waals surface area contributed by atoms with E-state index in [-0.39, 0.29) is 11.5 Å². The largest absolute Gasteiger partial charge is 0.478 e. The lowest BCUT2D eigenvalue weighted by Crippen LogP contribution is -2.21. The molecule has 1 aromatic heterocycles. The molecule has 0 saturated heterocycles. The van der Waals surface area contributed by atoms with Crippen molar-refractivity contribution in [3.8, 4) is 11.1 Å². The Kier molecular flexibility index (Phi) is 12.3. The number of hydrogen-bond acceptors (Lipinski definition) is 5. The summed E-state index contributed by atoms with van der Waals surface area (Å²) in [7, 11) is 0. The molecule has 0 radical (unpaired) electrons. The summed E-state index contributed by atoms with van der Waals surface area (Å²) in [6.45, 7) is 14.1. The molecule has 7 heteroatoms. The minimum atomic E-state index is -0.946. The van der Waals surface area contributed by atoms with Gasteiger partial charge in [-0.2, -0.15) is 0 Å². The van der Waals surface area contributed by atoms with Crippen LogP contribution in [0, 0.1) is 13.8 Å². The lowest BCUT2D eigenvalue weighted by Gasteiger charge is -2.21. The summed E-state index contributed by atoms with van der Waals surface area (Å²) in [5, 5.41) is 23.3. The van der Waals surface area contributed by atoms with Gasteiger partial charge in [0.2, 0.25) is 0 Å². The summed E-state index contributed by atoms with van der Waals surface area (Å²) in [5.74, 6) is -1.02. The maximum absolute atomic E-state index is 11.1. The summed E-state index contributed by atoms with van der Waals surface area (Å²) in [6.07, 6.45) is 2.19. The zero-order valence-electron chi connectivity index (χ0n) is 25.0. The molecule has 4 aromatic rings. The van der Waals surface area contributed by atoms with E-state index in [0.717, 1.165) is 39.1 Å². The number of aromatic nitrogens is 1. The first kappa shape index (κ1) is 32.5. The van der Waals surface area contributed by atoms with Gasteiger partial charge in [0, 0.05) is 34.8 Å². The van der Waals surface area contributed by atoms with E-state index in [4.69, 9.17) is 16.7 Å². The zero-order valence-corrected chi connectivity index (χ0v) is 25.8. The van der Waals surface area contributed by atoms with E-state index in [2.05, 4.69) is 47.9 Å². The van der Waals surface area contributed by atoms with Crippen LogP contribution < -0.4 is 0 Å². The number of halogens is 1. The summed E-state index contributed by atoms with van der Waals surface area (Å²) in [4.78, 5) is 17.8. The van der Waals surface area contributed by atoms with Gasteiger partial charge in [-0.05, 0) is 97.7 Å². The molecule has 0 fully saturated rings. The van der Waals surface area contributed by atoms with Crippen LogP contribution in [0.15, 0.2) is 90.2 Å². The van der Waals surface area contributed by atoms with Crippen molar-refractivity contribution in [3.05, 3.63) is 124 Å². The van der Waals surface area contributed by atoms with Crippen molar-refractivity contribution in [2.75, 3.05) is 19.6 Å². The molecular formula is C35H40ClN3O3. The van der Waals surface area contributed by atoms with E-state index in [1.165, 1.54) is 19.6 Å². The first-order valence-corrected chi connectivity index (χ1v) is 14.6. The van der Waals surface area contributed by atoms with Gasteiger partial charge in [0.05, 0.1) is 11.3 Å². The molecule has 0 amide bonds. The van der Waals surface area contributed by atoms with E-state index in [0.29, 0.717) is 17.2 Å². The monoisotopic (exact) mass is 585 g/mol. The summed E-state index contributed by atoms with van der Waals surface area (Å²) in [5.41, 5.74) is 7.64. The minimum Gasteiger partial charge on any atom is -0.478 e. The normalized spacial score (nSPS) is 12.0. The summed E-state index contributed by atoms with van der Waals surface area (Å²) in [6, 6.07) is 24.6. The average molecular weight is 586 g/mol. The Morgan fingerprint density at radius 2 is 1.45 bits per heavy atom. The molecule has 42 heavy (non-hydrogen) atoms. The standard InChI is InChI=1S/C29H25ClN2O3.C6H15N/c1-18-15-25(30)11-12-26(18)27(17-28(32-35)24-13-14-31-19(2)16-24)22-7-3-20(4-8-22)21-5-9-23(10-6-21)29(33)34;1-4-7(5-2)6-3/h3-16,27,35H,17H2,1-2H3,(H,33,34);4-6H2,1-3H3/b32-28+;/t27-;/m0./s1. The van der Waals surface area contributed by atoms with Crippen molar-refractivity contribution in [1.82, 2.24) is 9.88 Å². The molecule has 3 aromatic carbocycles. The molecule has 1 heterocycles. The van der Waals surface area contributed by atoms with Gasteiger partial charge in [-0.15, -0.1) is 0 Å². The van der Waals surface area contributed by atoms with Gasteiger partial charge in [0.15, 0.2) is 0 Å². The highest BCUT2D eigenvalue weighted by atomic mass is 35.5. The van der Waals surface area contributed by atoms with E-state index >= 15 is 0 Å². The van der Waals surface area contributed by atoms with Crippen LogP contribution in [0.4, 0.5) is 0 Å². The fraction of sp³-hybridized carbons (Fsp3) is 0.286. The maximum atomic E-state index is 11.1. The van der Waals surface area contributed by atoms with Crippen LogP contribution >= 0.6 is 11.6 Å². The Labute approximate surface area is 254 Å². The van der Waals surface area contributed by atoms with Gasteiger partial charge in [-0.25, -0.2) is 4.79 Å². The molecule has 0 aliphatic carbocycles. The van der Waals surface area contributed by atoms with Crippen LogP contribution in [0.2, 0.25) is 5.02 Å². The number of hydrogen-bond donors (Lipinski definition) is 2. The van der Waals surface area contributed by atoms with Crippen LogP contribution in [0.25, 0.3) is 11.1 Å². The highest BCUT2D eigenvalue weighted by Gasteiger charge is 2.21. The van der Waals surface area contributed by atoms with Crippen molar-refractivity contribution in [1.29, 1.82) is 0 Å². The third-order valence-electron chi connectivity index (χ3n) is 7.48. The number of carboxylic acid groups (broad SMARTS) is 1. The number of benzene rings is 3. The third kappa shape index (κ3) is 8.75. The molecule has 0 aliphatic heterocycles. The van der Waals surface area contributed by atoms with Crippen molar-refractivity contribution in [2.24, 2.45) is 5.16 Å². The molecule has 2 N–H and O–H groups in total. The second-order valence-corrected chi connectivity index (χ2v) is 10.6. The fourth-order valence-electron chi connectivity index (χ4n) is 4.96. The minimum absolute atomic E-state index is 0.0740. The van der Waals surface area contributed by atoms with Crippen molar-refractivity contribution in [3.63, 3.8) is 0 Å². The third-order valence-corrected chi connectivity index (χ3v) is 7.71. The lowest BCUT2D eigenvalue weighted by atomic mass is 9.83. The summed E-state index contributed by atoms with van der Waals surface area (Å²) < 4.78 is 0. The molecule has 1 atom stereocenters. The Bertz CT molecular complexity index is 1480. The molecule has 4 rings (SSSR count). The molecule has 0 saturated carbocycles. The number of aryl methyl sites for hydroxylation is 2. The van der Waals surface area contributed by atoms with Gasteiger partial charge >= 0.3 is 5.97 Å². The number of oxime groups is 1. The Hall–Kier alpha value is -4.00. The van der Waals surface area contributed by atoms with Crippen LogP contribution in [0.3, 0.4) is 0 Å². The average Bonchev–Trinajstić information content (AvgIpc) is 3.00. The second kappa shape index (κ2) is 15.9. The second-order valence-electron chi connectivity index (χ2n) is 10.1. The van der Waals surface area contributed by atoms with Crippen LogP contribution in [-0.2, 0) is 0 Å². The molecule has 6 nitrogen and oxygen atoms in total. The number of carbonyl (C=O) groups is 1. The zero-order chi connectivity index (χ0) is 30.6. The Balaban J connectivity index is 0.000000616. The van der Waals surface area contributed by atoms with E-state index in [1.807, 2.05) is 68.4 Å². The molecule has 0 spiro atoms. The van der Waals surface area contributed by atoms with Gasteiger partial charge < -0.3 is 15.2 Å². The lowest BCUT2D eigenvalue weighted by molar-refractivity contribution is 0.0697. The van der Waals surface area contributed by atoms with Crippen LogP contribution in [0.1, 0.15) is 71.4 Å².